The fourth-order valence-electron chi connectivity index (χ4n) is 1.31. The minimum absolute atomic E-state index is 0.0925. The van der Waals surface area contributed by atoms with Gasteiger partial charge >= 0.3 is 6.18 Å². The highest BCUT2D eigenvalue weighted by atomic mass is 35.5. The lowest BCUT2D eigenvalue weighted by atomic mass is 10.2. The van der Waals surface area contributed by atoms with Gasteiger partial charge in [0.1, 0.15) is 0 Å². The van der Waals surface area contributed by atoms with E-state index in [0.717, 1.165) is 12.1 Å². The second-order valence-electron chi connectivity index (χ2n) is 3.40. The highest BCUT2D eigenvalue weighted by Crippen LogP contribution is 2.31. The van der Waals surface area contributed by atoms with Crippen LogP contribution in [0.25, 0.3) is 0 Å². The number of alkyl halides is 3. The standard InChI is InChI=1S/C11H7ClF3N3/c12-9-10(17-5-4-16-9)18-8-3-1-2-7(6-8)11(13,14)15/h1-6H,(H,17,18). The van der Waals surface area contributed by atoms with Gasteiger partial charge in [-0.25, -0.2) is 9.97 Å². The van der Waals surface area contributed by atoms with Crippen molar-refractivity contribution < 1.29 is 13.2 Å². The number of hydrogen-bond donors (Lipinski definition) is 1. The van der Waals surface area contributed by atoms with Gasteiger partial charge in [0, 0.05) is 18.1 Å². The molecule has 0 aliphatic heterocycles. The molecule has 0 saturated heterocycles. The molecule has 0 radical (unpaired) electrons. The Labute approximate surface area is 106 Å². The highest BCUT2D eigenvalue weighted by Gasteiger charge is 2.30. The first-order valence-electron chi connectivity index (χ1n) is 4.87. The first kappa shape index (κ1) is 12.6. The number of rotatable bonds is 2. The Morgan fingerprint density at radius 2 is 1.83 bits per heavy atom. The molecule has 18 heavy (non-hydrogen) atoms. The molecule has 2 rings (SSSR count). The Hall–Kier alpha value is -1.82. The topological polar surface area (TPSA) is 37.8 Å². The lowest BCUT2D eigenvalue weighted by Gasteiger charge is -2.10. The van der Waals surface area contributed by atoms with Gasteiger partial charge < -0.3 is 5.32 Å². The van der Waals surface area contributed by atoms with E-state index in [1.54, 1.807) is 0 Å². The molecule has 7 heteroatoms. The number of nitrogens with zero attached hydrogens (tertiary/aromatic N) is 2. The van der Waals surface area contributed by atoms with Crippen molar-refractivity contribution in [1.29, 1.82) is 0 Å². The summed E-state index contributed by atoms with van der Waals surface area (Å²) in [6, 6.07) is 4.75. The van der Waals surface area contributed by atoms with E-state index in [9.17, 15) is 13.2 Å². The summed E-state index contributed by atoms with van der Waals surface area (Å²) in [4.78, 5) is 7.64. The highest BCUT2D eigenvalue weighted by molar-refractivity contribution is 6.31. The van der Waals surface area contributed by atoms with Crippen LogP contribution in [0, 0.1) is 0 Å². The van der Waals surface area contributed by atoms with Crippen LogP contribution in [0.2, 0.25) is 5.15 Å². The van der Waals surface area contributed by atoms with Gasteiger partial charge in [-0.15, -0.1) is 0 Å². The summed E-state index contributed by atoms with van der Waals surface area (Å²) >= 11 is 5.75. The van der Waals surface area contributed by atoms with E-state index in [1.165, 1.54) is 24.5 Å². The molecule has 0 fully saturated rings. The third kappa shape index (κ3) is 2.89. The van der Waals surface area contributed by atoms with Gasteiger partial charge in [-0.3, -0.25) is 0 Å². The van der Waals surface area contributed by atoms with Crippen molar-refractivity contribution >= 4 is 23.1 Å². The Balaban J connectivity index is 2.28. The minimum atomic E-state index is -4.39. The molecule has 0 unspecified atom stereocenters. The Kier molecular flexibility index (Phi) is 3.38. The second-order valence-corrected chi connectivity index (χ2v) is 3.76. The second kappa shape index (κ2) is 4.81. The van der Waals surface area contributed by atoms with Crippen LogP contribution in [-0.2, 0) is 6.18 Å². The summed E-state index contributed by atoms with van der Waals surface area (Å²) in [6.07, 6.45) is -1.61. The zero-order valence-electron chi connectivity index (χ0n) is 8.87. The maximum absolute atomic E-state index is 12.5. The number of benzene rings is 1. The average molecular weight is 274 g/mol. The number of aromatic nitrogens is 2. The molecule has 0 spiro atoms. The first-order chi connectivity index (χ1) is 8.47. The lowest BCUT2D eigenvalue weighted by Crippen LogP contribution is -2.05. The summed E-state index contributed by atoms with van der Waals surface area (Å²) in [5.74, 6) is 0.207. The van der Waals surface area contributed by atoms with Crippen molar-refractivity contribution in [2.24, 2.45) is 0 Å². The van der Waals surface area contributed by atoms with Crippen LogP contribution in [0.3, 0.4) is 0 Å². The Morgan fingerprint density at radius 3 is 2.50 bits per heavy atom. The lowest BCUT2D eigenvalue weighted by molar-refractivity contribution is -0.137. The van der Waals surface area contributed by atoms with Crippen molar-refractivity contribution in [2.75, 3.05) is 5.32 Å². The molecule has 2 aromatic rings. The predicted molar refractivity (Wildman–Crippen MR) is 61.8 cm³/mol. The van der Waals surface area contributed by atoms with Crippen LogP contribution in [0.15, 0.2) is 36.7 Å². The molecule has 1 aromatic heterocycles. The summed E-state index contributed by atoms with van der Waals surface area (Å²) in [5.41, 5.74) is -0.500. The van der Waals surface area contributed by atoms with Crippen molar-refractivity contribution in [3.8, 4) is 0 Å². The molecule has 0 atom stereocenters. The quantitative estimate of drug-likeness (QED) is 0.902. The molecule has 1 aromatic carbocycles. The Bertz CT molecular complexity index is 557. The molecule has 0 saturated carbocycles. The minimum Gasteiger partial charge on any atom is -0.338 e. The molecule has 94 valence electrons. The molecule has 1 heterocycles. The van der Waals surface area contributed by atoms with E-state index >= 15 is 0 Å². The molecular formula is C11H7ClF3N3. The van der Waals surface area contributed by atoms with Gasteiger partial charge in [-0.2, -0.15) is 13.2 Å². The van der Waals surface area contributed by atoms with E-state index in [-0.39, 0.29) is 16.7 Å². The first-order valence-corrected chi connectivity index (χ1v) is 5.25. The van der Waals surface area contributed by atoms with Gasteiger partial charge in [-0.05, 0) is 18.2 Å². The number of nitrogens with one attached hydrogen (secondary N) is 1. The average Bonchev–Trinajstić information content (AvgIpc) is 2.31. The molecule has 0 aliphatic carbocycles. The fourth-order valence-corrected chi connectivity index (χ4v) is 1.47. The normalized spacial score (nSPS) is 11.3. The smallest absolute Gasteiger partial charge is 0.338 e. The number of halogens is 4. The van der Waals surface area contributed by atoms with Crippen LogP contribution in [0.5, 0.6) is 0 Å². The van der Waals surface area contributed by atoms with Gasteiger partial charge in [0.25, 0.3) is 0 Å². The zero-order valence-corrected chi connectivity index (χ0v) is 9.63. The van der Waals surface area contributed by atoms with Gasteiger partial charge in [-0.1, -0.05) is 17.7 Å². The fraction of sp³-hybridized carbons (Fsp3) is 0.0909. The molecule has 1 N–H and O–H groups in total. The maximum Gasteiger partial charge on any atom is 0.416 e. The SMILES string of the molecule is FC(F)(F)c1cccc(Nc2nccnc2Cl)c1. The molecule has 0 aliphatic rings. The van der Waals surface area contributed by atoms with E-state index < -0.39 is 11.7 Å². The summed E-state index contributed by atoms with van der Waals surface area (Å²) < 4.78 is 37.5. The largest absolute Gasteiger partial charge is 0.416 e. The van der Waals surface area contributed by atoms with Crippen LogP contribution in [0.1, 0.15) is 5.56 Å². The number of anilines is 2. The van der Waals surface area contributed by atoms with Crippen molar-refractivity contribution in [3.63, 3.8) is 0 Å². The van der Waals surface area contributed by atoms with Crippen LogP contribution >= 0.6 is 11.6 Å². The Morgan fingerprint density at radius 1 is 1.11 bits per heavy atom. The van der Waals surface area contributed by atoms with E-state index in [1.807, 2.05) is 0 Å². The van der Waals surface area contributed by atoms with E-state index in [0.29, 0.717) is 0 Å². The predicted octanol–water partition coefficient (Wildman–Crippen LogP) is 3.89. The molecule has 3 nitrogen and oxygen atoms in total. The van der Waals surface area contributed by atoms with Gasteiger partial charge in [0.15, 0.2) is 11.0 Å². The summed E-state index contributed by atoms with van der Waals surface area (Å²) in [6.45, 7) is 0. The van der Waals surface area contributed by atoms with E-state index in [2.05, 4.69) is 15.3 Å². The van der Waals surface area contributed by atoms with Crippen LogP contribution < -0.4 is 5.32 Å². The molecular weight excluding hydrogens is 267 g/mol. The maximum atomic E-state index is 12.5. The van der Waals surface area contributed by atoms with Crippen LogP contribution in [-0.4, -0.2) is 9.97 Å². The van der Waals surface area contributed by atoms with Crippen molar-refractivity contribution in [1.82, 2.24) is 9.97 Å². The van der Waals surface area contributed by atoms with Gasteiger partial charge in [0.2, 0.25) is 0 Å². The monoisotopic (exact) mass is 273 g/mol. The van der Waals surface area contributed by atoms with Crippen molar-refractivity contribution in [2.45, 2.75) is 6.18 Å². The molecule has 0 amide bonds. The van der Waals surface area contributed by atoms with E-state index in [4.69, 9.17) is 11.6 Å². The number of hydrogen-bond acceptors (Lipinski definition) is 3. The van der Waals surface area contributed by atoms with Crippen molar-refractivity contribution in [3.05, 3.63) is 47.4 Å². The third-order valence-corrected chi connectivity index (χ3v) is 2.38. The van der Waals surface area contributed by atoms with Gasteiger partial charge in [0.05, 0.1) is 5.56 Å². The third-order valence-electron chi connectivity index (χ3n) is 2.11. The summed E-state index contributed by atoms with van der Waals surface area (Å²) in [7, 11) is 0. The molecule has 0 bridgehead atoms. The van der Waals surface area contributed by atoms with Crippen LogP contribution in [0.4, 0.5) is 24.7 Å². The zero-order chi connectivity index (χ0) is 13.2. The summed E-state index contributed by atoms with van der Waals surface area (Å²) in [5, 5.41) is 2.77.